The first-order valence-corrected chi connectivity index (χ1v) is 10.5. The molecule has 0 radical (unpaired) electrons. The minimum absolute atomic E-state index is 0.0182. The quantitative estimate of drug-likeness (QED) is 0.595. The molecule has 1 fully saturated rings. The molecule has 0 amide bonds. The number of nitrogens with zero attached hydrogens (tertiary/aromatic N) is 1. The monoisotopic (exact) mass is 401 g/mol. The predicted molar refractivity (Wildman–Crippen MR) is 112 cm³/mol. The average Bonchev–Trinajstić information content (AvgIpc) is 3.37. The first kappa shape index (κ1) is 19.1. The van der Waals surface area contributed by atoms with Crippen molar-refractivity contribution in [1.82, 2.24) is 10.6 Å². The van der Waals surface area contributed by atoms with Crippen LogP contribution >= 0.6 is 11.3 Å². The lowest BCUT2D eigenvalue weighted by atomic mass is 9.74. The van der Waals surface area contributed by atoms with Gasteiger partial charge in [0.25, 0.3) is 0 Å². The summed E-state index contributed by atoms with van der Waals surface area (Å²) in [5.74, 6) is 2.47. The van der Waals surface area contributed by atoms with Crippen molar-refractivity contribution in [2.45, 2.75) is 31.7 Å². The van der Waals surface area contributed by atoms with Crippen LogP contribution in [0.15, 0.2) is 34.6 Å². The van der Waals surface area contributed by atoms with Gasteiger partial charge in [0.1, 0.15) is 0 Å². The molecule has 150 valence electrons. The second-order valence-electron chi connectivity index (χ2n) is 7.27. The molecule has 2 aliphatic rings. The number of nitrogens with one attached hydrogen (secondary N) is 2. The molecule has 0 atom stereocenters. The van der Waals surface area contributed by atoms with Crippen LogP contribution < -0.4 is 20.1 Å². The molecule has 0 spiro atoms. The molecule has 2 aromatic rings. The molecule has 1 aromatic heterocycles. The number of hydrogen-bond acceptors (Lipinski definition) is 5. The molecule has 0 unspecified atom stereocenters. The summed E-state index contributed by atoms with van der Waals surface area (Å²) in [6.45, 7) is 5.53. The lowest BCUT2D eigenvalue weighted by Crippen LogP contribution is -2.47. The van der Waals surface area contributed by atoms with Gasteiger partial charge in [0, 0.05) is 37.1 Å². The van der Waals surface area contributed by atoms with E-state index in [0.717, 1.165) is 56.6 Å². The third-order valence-corrected chi connectivity index (χ3v) is 6.66. The Hall–Kier alpha value is -2.25. The zero-order valence-corrected chi connectivity index (χ0v) is 17.2. The number of aryl methyl sites for hydroxylation is 1. The highest BCUT2D eigenvalue weighted by atomic mass is 32.1. The molecule has 6 nitrogen and oxygen atoms in total. The summed E-state index contributed by atoms with van der Waals surface area (Å²) in [5.41, 5.74) is 2.56. The minimum Gasteiger partial charge on any atom is -0.454 e. The van der Waals surface area contributed by atoms with Crippen LogP contribution in [0.4, 0.5) is 0 Å². The van der Waals surface area contributed by atoms with Crippen molar-refractivity contribution >= 4 is 17.3 Å². The smallest absolute Gasteiger partial charge is 0.231 e. The number of aliphatic imine (C=N–C) groups is 1. The van der Waals surface area contributed by atoms with E-state index in [9.17, 15) is 0 Å². The zero-order chi connectivity index (χ0) is 19.4. The van der Waals surface area contributed by atoms with E-state index in [4.69, 9.17) is 14.2 Å². The van der Waals surface area contributed by atoms with Gasteiger partial charge in [0.2, 0.25) is 6.79 Å². The van der Waals surface area contributed by atoms with Crippen LogP contribution in [0.3, 0.4) is 0 Å². The molecule has 28 heavy (non-hydrogen) atoms. The second-order valence-corrected chi connectivity index (χ2v) is 8.27. The van der Waals surface area contributed by atoms with Crippen LogP contribution in [-0.4, -0.2) is 39.6 Å². The molecular weight excluding hydrogens is 374 g/mol. The van der Waals surface area contributed by atoms with E-state index >= 15 is 0 Å². The van der Waals surface area contributed by atoms with Crippen molar-refractivity contribution in [3.8, 4) is 11.5 Å². The summed E-state index contributed by atoms with van der Waals surface area (Å²) in [6, 6.07) is 8.45. The van der Waals surface area contributed by atoms with Crippen LogP contribution in [0.1, 0.15) is 28.8 Å². The number of guanidine groups is 1. The summed E-state index contributed by atoms with van der Waals surface area (Å²) in [7, 11) is 1.81. The van der Waals surface area contributed by atoms with Crippen LogP contribution in [0.2, 0.25) is 0 Å². The van der Waals surface area contributed by atoms with Crippen LogP contribution in [-0.2, 0) is 16.7 Å². The molecule has 2 aliphatic heterocycles. The summed E-state index contributed by atoms with van der Waals surface area (Å²) in [6.07, 6.45) is 1.92. The first-order valence-electron chi connectivity index (χ1n) is 9.65. The van der Waals surface area contributed by atoms with Crippen LogP contribution in [0.5, 0.6) is 11.5 Å². The normalized spacial score (nSPS) is 18.1. The van der Waals surface area contributed by atoms with E-state index < -0.39 is 0 Å². The summed E-state index contributed by atoms with van der Waals surface area (Å²) in [4.78, 5) is 5.74. The summed E-state index contributed by atoms with van der Waals surface area (Å²) >= 11 is 1.77. The predicted octanol–water partition coefficient (Wildman–Crippen LogP) is 3.20. The number of rotatable bonds is 5. The molecule has 0 saturated carbocycles. The summed E-state index contributed by atoms with van der Waals surface area (Å²) in [5, 5.41) is 9.10. The van der Waals surface area contributed by atoms with Gasteiger partial charge in [0.15, 0.2) is 17.5 Å². The average molecular weight is 402 g/mol. The Morgan fingerprint density at radius 2 is 1.96 bits per heavy atom. The Morgan fingerprint density at radius 1 is 1.14 bits per heavy atom. The van der Waals surface area contributed by atoms with E-state index in [1.165, 1.54) is 16.0 Å². The van der Waals surface area contributed by atoms with Crippen molar-refractivity contribution in [3.63, 3.8) is 0 Å². The number of fused-ring (bicyclic) bond motifs is 1. The SMILES string of the molecule is CN=C(NCc1sccc1C)NCC1(c2ccc3c(c2)OCO3)CCOCC1. The lowest BCUT2D eigenvalue weighted by molar-refractivity contribution is 0.0513. The molecule has 2 N–H and O–H groups in total. The van der Waals surface area contributed by atoms with E-state index in [2.05, 4.69) is 46.1 Å². The Morgan fingerprint density at radius 3 is 2.71 bits per heavy atom. The largest absolute Gasteiger partial charge is 0.454 e. The molecule has 4 rings (SSSR count). The zero-order valence-electron chi connectivity index (χ0n) is 16.4. The van der Waals surface area contributed by atoms with Crippen molar-refractivity contribution in [1.29, 1.82) is 0 Å². The van der Waals surface area contributed by atoms with Gasteiger partial charge in [-0.25, -0.2) is 0 Å². The van der Waals surface area contributed by atoms with E-state index in [0.29, 0.717) is 6.79 Å². The topological polar surface area (TPSA) is 64.1 Å². The van der Waals surface area contributed by atoms with Gasteiger partial charge in [-0.2, -0.15) is 0 Å². The van der Waals surface area contributed by atoms with Crippen molar-refractivity contribution < 1.29 is 14.2 Å². The van der Waals surface area contributed by atoms with Crippen LogP contribution in [0.25, 0.3) is 0 Å². The first-order chi connectivity index (χ1) is 13.7. The molecular formula is C21H27N3O3S. The van der Waals surface area contributed by atoms with E-state index in [1.54, 1.807) is 11.3 Å². The third kappa shape index (κ3) is 3.95. The fraction of sp³-hybridized carbons (Fsp3) is 0.476. The van der Waals surface area contributed by atoms with Crippen LogP contribution in [0, 0.1) is 6.92 Å². The number of hydrogen-bond donors (Lipinski definition) is 2. The molecule has 7 heteroatoms. The maximum absolute atomic E-state index is 5.65. The molecule has 1 saturated heterocycles. The number of benzene rings is 1. The van der Waals surface area contributed by atoms with Gasteiger partial charge in [-0.1, -0.05) is 6.07 Å². The van der Waals surface area contributed by atoms with Crippen molar-refractivity contribution in [2.24, 2.45) is 4.99 Å². The summed E-state index contributed by atoms with van der Waals surface area (Å²) < 4.78 is 16.7. The Balaban J connectivity index is 1.46. The second kappa shape index (κ2) is 8.41. The van der Waals surface area contributed by atoms with E-state index in [-0.39, 0.29) is 5.41 Å². The van der Waals surface area contributed by atoms with E-state index in [1.807, 2.05) is 13.1 Å². The maximum atomic E-state index is 5.65. The highest BCUT2D eigenvalue weighted by Crippen LogP contribution is 2.40. The van der Waals surface area contributed by atoms with Gasteiger partial charge >= 0.3 is 0 Å². The Labute approximate surface area is 169 Å². The Kier molecular flexibility index (Phi) is 5.73. The van der Waals surface area contributed by atoms with Gasteiger partial charge in [-0.3, -0.25) is 4.99 Å². The molecule has 0 bridgehead atoms. The Bertz CT molecular complexity index is 843. The fourth-order valence-electron chi connectivity index (χ4n) is 3.78. The molecule has 1 aromatic carbocycles. The highest BCUT2D eigenvalue weighted by molar-refractivity contribution is 7.10. The van der Waals surface area contributed by atoms with Gasteiger partial charge in [0.05, 0.1) is 6.54 Å². The van der Waals surface area contributed by atoms with Gasteiger partial charge < -0.3 is 24.8 Å². The number of ether oxygens (including phenoxy) is 3. The lowest BCUT2D eigenvalue weighted by Gasteiger charge is -2.38. The van der Waals surface area contributed by atoms with Gasteiger partial charge in [-0.05, 0) is 54.5 Å². The van der Waals surface area contributed by atoms with Crippen molar-refractivity contribution in [2.75, 3.05) is 33.6 Å². The third-order valence-electron chi connectivity index (χ3n) is 5.64. The highest BCUT2D eigenvalue weighted by Gasteiger charge is 2.35. The van der Waals surface area contributed by atoms with Crippen molar-refractivity contribution in [3.05, 3.63) is 45.6 Å². The molecule has 0 aliphatic carbocycles. The minimum atomic E-state index is -0.0182. The number of thiophene rings is 1. The standard InChI is InChI=1S/C21H27N3O3S/c1-15-5-10-28-19(15)12-23-20(22-2)24-13-21(6-8-25-9-7-21)16-3-4-17-18(11-16)27-14-26-17/h3-5,10-11H,6-9,12-14H2,1-2H3,(H2,22,23,24). The maximum Gasteiger partial charge on any atom is 0.231 e. The van der Waals surface area contributed by atoms with Gasteiger partial charge in [-0.15, -0.1) is 11.3 Å². The molecule has 3 heterocycles. The fourth-order valence-corrected chi connectivity index (χ4v) is 4.62.